The minimum Gasteiger partial charge on any atom is -0.456 e. The zero-order chi connectivity index (χ0) is 40.4. The first-order valence-electron chi connectivity index (χ1n) is 21.4. The summed E-state index contributed by atoms with van der Waals surface area (Å²) in [4.78, 5) is 10.4. The van der Waals surface area contributed by atoms with Crippen molar-refractivity contribution in [2.24, 2.45) is 0 Å². The molecule has 0 saturated heterocycles. The SMILES string of the molecule is CCc1c(-c2ccccc2)nc(-c2ccccc2)nc1-c1ccc2c(c1)oc1cc(-n3c4ccccc4c4c5c(ccc43)CCC(c3ccccc3)c3ccccc3-5)ccc12. The van der Waals surface area contributed by atoms with E-state index < -0.39 is 0 Å². The fraction of sp³-hybridized carbons (Fsp3) is 0.0877. The number of hydrogen-bond acceptors (Lipinski definition) is 3. The minimum atomic E-state index is 0.337. The van der Waals surface area contributed by atoms with Gasteiger partial charge in [-0.2, -0.15) is 0 Å². The molecule has 0 bridgehead atoms. The Morgan fingerprint density at radius 2 is 1.21 bits per heavy atom. The van der Waals surface area contributed by atoms with Gasteiger partial charge in [0, 0.05) is 61.5 Å². The number of aromatic nitrogens is 3. The van der Waals surface area contributed by atoms with Crippen LogP contribution in [0.5, 0.6) is 0 Å². The van der Waals surface area contributed by atoms with E-state index in [0.717, 1.165) is 80.5 Å². The fourth-order valence-electron chi connectivity index (χ4n) is 10.1. The largest absolute Gasteiger partial charge is 0.456 e. The summed E-state index contributed by atoms with van der Waals surface area (Å²) in [6, 6.07) is 67.7. The van der Waals surface area contributed by atoms with Crippen LogP contribution < -0.4 is 0 Å². The topological polar surface area (TPSA) is 43.9 Å². The average molecular weight is 784 g/mol. The number of furan rings is 1. The van der Waals surface area contributed by atoms with Crippen LogP contribution in [0.2, 0.25) is 0 Å². The van der Waals surface area contributed by atoms with Crippen LogP contribution in [0.1, 0.15) is 41.5 Å². The summed E-state index contributed by atoms with van der Waals surface area (Å²) in [5, 5.41) is 4.75. The van der Waals surface area contributed by atoms with Crippen molar-refractivity contribution in [1.29, 1.82) is 0 Å². The van der Waals surface area contributed by atoms with Gasteiger partial charge in [-0.15, -0.1) is 0 Å². The first-order valence-corrected chi connectivity index (χ1v) is 21.4. The van der Waals surface area contributed by atoms with Crippen molar-refractivity contribution in [2.45, 2.75) is 32.1 Å². The van der Waals surface area contributed by atoms with E-state index in [2.05, 4.69) is 175 Å². The number of fused-ring (bicyclic) bond motifs is 10. The molecule has 290 valence electrons. The number of rotatable bonds is 6. The molecule has 0 saturated carbocycles. The number of nitrogens with zero attached hydrogens (tertiary/aromatic N) is 3. The molecule has 0 spiro atoms. The summed E-state index contributed by atoms with van der Waals surface area (Å²) in [6.45, 7) is 2.18. The molecule has 3 aromatic heterocycles. The van der Waals surface area contributed by atoms with Crippen molar-refractivity contribution >= 4 is 43.7 Å². The summed E-state index contributed by atoms with van der Waals surface area (Å²) in [6.07, 6.45) is 2.88. The first-order chi connectivity index (χ1) is 30.2. The molecule has 12 rings (SSSR count). The molecule has 0 aliphatic heterocycles. The Balaban J connectivity index is 1.01. The van der Waals surface area contributed by atoms with E-state index in [9.17, 15) is 0 Å². The van der Waals surface area contributed by atoms with Crippen molar-refractivity contribution in [3.05, 3.63) is 210 Å². The highest BCUT2D eigenvalue weighted by molar-refractivity contribution is 6.17. The smallest absolute Gasteiger partial charge is 0.160 e. The van der Waals surface area contributed by atoms with E-state index in [1.807, 2.05) is 24.3 Å². The van der Waals surface area contributed by atoms with Gasteiger partial charge in [0.05, 0.1) is 22.4 Å². The lowest BCUT2D eigenvalue weighted by Gasteiger charge is -2.18. The lowest BCUT2D eigenvalue weighted by Crippen LogP contribution is -2.02. The van der Waals surface area contributed by atoms with Crippen molar-refractivity contribution < 1.29 is 4.42 Å². The predicted octanol–water partition coefficient (Wildman–Crippen LogP) is 14.8. The van der Waals surface area contributed by atoms with E-state index in [-0.39, 0.29) is 0 Å². The van der Waals surface area contributed by atoms with Crippen LogP contribution in [0.3, 0.4) is 0 Å². The molecular formula is C57H41N3O. The molecule has 3 heterocycles. The van der Waals surface area contributed by atoms with E-state index in [1.54, 1.807) is 0 Å². The van der Waals surface area contributed by atoms with Gasteiger partial charge < -0.3 is 8.98 Å². The molecule has 1 aliphatic rings. The van der Waals surface area contributed by atoms with E-state index in [0.29, 0.717) is 11.7 Å². The Kier molecular flexibility index (Phi) is 8.31. The van der Waals surface area contributed by atoms with Gasteiger partial charge in [-0.1, -0.05) is 153 Å². The van der Waals surface area contributed by atoms with Crippen LogP contribution in [-0.2, 0) is 12.8 Å². The van der Waals surface area contributed by atoms with E-state index >= 15 is 0 Å². The maximum Gasteiger partial charge on any atom is 0.160 e. The minimum absolute atomic E-state index is 0.337. The average Bonchev–Trinajstić information content (AvgIpc) is 3.81. The van der Waals surface area contributed by atoms with Gasteiger partial charge in [-0.3, -0.25) is 0 Å². The van der Waals surface area contributed by atoms with E-state index in [4.69, 9.17) is 14.4 Å². The van der Waals surface area contributed by atoms with Crippen LogP contribution in [0.25, 0.3) is 94.5 Å². The Bertz CT molecular complexity index is 3450. The quantitative estimate of drug-likeness (QED) is 0.169. The van der Waals surface area contributed by atoms with Gasteiger partial charge in [0.2, 0.25) is 0 Å². The maximum absolute atomic E-state index is 6.83. The van der Waals surface area contributed by atoms with Gasteiger partial charge in [0.1, 0.15) is 11.2 Å². The van der Waals surface area contributed by atoms with Crippen LogP contribution >= 0.6 is 0 Å². The standard InChI is InChI=1S/C57H41N3O/c1-2-42-55(38-18-8-4-9-19-38)58-57(39-20-10-5-11-21-39)59-56(42)40-27-31-45-46-32-29-41(35-52(46)61-51(45)34-40)60-49-25-15-14-24-48(49)54-50(60)33-28-37-26-30-43(36-16-6-3-7-17-36)44-22-12-13-23-47(44)53(37)54/h3-25,27-29,31-35,43H,2,26,30H2,1H3. The molecule has 11 aromatic rings. The highest BCUT2D eigenvalue weighted by Gasteiger charge is 2.27. The summed E-state index contributed by atoms with van der Waals surface area (Å²) < 4.78 is 9.26. The van der Waals surface area contributed by atoms with Crippen molar-refractivity contribution in [1.82, 2.24) is 14.5 Å². The molecule has 1 atom stereocenters. The van der Waals surface area contributed by atoms with Gasteiger partial charge in [-0.05, 0) is 83.5 Å². The number of hydrogen-bond donors (Lipinski definition) is 0. The second-order valence-electron chi connectivity index (χ2n) is 16.2. The van der Waals surface area contributed by atoms with Gasteiger partial charge >= 0.3 is 0 Å². The highest BCUT2D eigenvalue weighted by Crippen LogP contribution is 2.47. The Labute approximate surface area is 354 Å². The molecule has 4 nitrogen and oxygen atoms in total. The molecule has 1 unspecified atom stereocenters. The molecular weight excluding hydrogens is 743 g/mol. The number of benzene rings is 8. The molecule has 8 aromatic carbocycles. The third-order valence-corrected chi connectivity index (χ3v) is 12.9. The van der Waals surface area contributed by atoms with Crippen LogP contribution in [0.4, 0.5) is 0 Å². The van der Waals surface area contributed by atoms with E-state index in [1.165, 1.54) is 49.6 Å². The molecule has 0 N–H and O–H groups in total. The Morgan fingerprint density at radius 3 is 2.00 bits per heavy atom. The summed E-state index contributed by atoms with van der Waals surface area (Å²) in [5.74, 6) is 1.05. The zero-order valence-corrected chi connectivity index (χ0v) is 33.8. The fourth-order valence-corrected chi connectivity index (χ4v) is 10.1. The third-order valence-electron chi connectivity index (χ3n) is 12.9. The van der Waals surface area contributed by atoms with Crippen molar-refractivity contribution in [3.8, 4) is 50.7 Å². The Morgan fingerprint density at radius 1 is 0.557 bits per heavy atom. The lowest BCUT2D eigenvalue weighted by molar-refractivity contribution is 0.669. The predicted molar refractivity (Wildman–Crippen MR) is 251 cm³/mol. The molecule has 1 aliphatic carbocycles. The van der Waals surface area contributed by atoms with Crippen LogP contribution in [-0.4, -0.2) is 14.5 Å². The number of para-hydroxylation sites is 1. The lowest BCUT2D eigenvalue weighted by atomic mass is 9.85. The monoisotopic (exact) mass is 783 g/mol. The second-order valence-corrected chi connectivity index (χ2v) is 16.2. The second kappa shape index (κ2) is 14.3. The zero-order valence-electron chi connectivity index (χ0n) is 33.8. The molecule has 0 fully saturated rings. The first kappa shape index (κ1) is 35.4. The Hall–Kier alpha value is -7.56. The van der Waals surface area contributed by atoms with Gasteiger partial charge in [0.15, 0.2) is 5.82 Å². The highest BCUT2D eigenvalue weighted by atomic mass is 16.3. The molecule has 4 heteroatoms. The number of aryl methyl sites for hydroxylation is 1. The van der Waals surface area contributed by atoms with Crippen LogP contribution in [0, 0.1) is 0 Å². The maximum atomic E-state index is 6.83. The van der Waals surface area contributed by atoms with Crippen LogP contribution in [0.15, 0.2) is 192 Å². The van der Waals surface area contributed by atoms with Crippen molar-refractivity contribution in [2.75, 3.05) is 0 Å². The third kappa shape index (κ3) is 5.74. The normalized spacial score (nSPS) is 13.8. The summed E-state index contributed by atoms with van der Waals surface area (Å²) >= 11 is 0. The molecule has 61 heavy (non-hydrogen) atoms. The molecule has 0 amide bonds. The summed E-state index contributed by atoms with van der Waals surface area (Å²) in [5.41, 5.74) is 18.1. The van der Waals surface area contributed by atoms with Gasteiger partial charge in [-0.25, -0.2) is 9.97 Å². The van der Waals surface area contributed by atoms with Crippen molar-refractivity contribution in [3.63, 3.8) is 0 Å². The van der Waals surface area contributed by atoms with Gasteiger partial charge in [0.25, 0.3) is 0 Å². The summed E-state index contributed by atoms with van der Waals surface area (Å²) in [7, 11) is 0. The molecule has 0 radical (unpaired) electrons.